The fourth-order valence-electron chi connectivity index (χ4n) is 6.01. The molecule has 2 saturated carbocycles. The van der Waals surface area contributed by atoms with Gasteiger partial charge in [0.25, 0.3) is 0 Å². The van der Waals surface area contributed by atoms with Gasteiger partial charge in [0.05, 0.1) is 12.5 Å². The average molecular weight is 351 g/mol. The molecule has 0 amide bonds. The summed E-state index contributed by atoms with van der Waals surface area (Å²) < 4.78 is 5.21. The van der Waals surface area contributed by atoms with E-state index in [0.29, 0.717) is 17.8 Å². The number of hydrogen-bond donors (Lipinski definition) is 1. The third kappa shape index (κ3) is 3.67. The van der Waals surface area contributed by atoms with Crippen LogP contribution in [0.15, 0.2) is 11.1 Å². The molecule has 0 saturated heterocycles. The molecule has 2 fully saturated rings. The van der Waals surface area contributed by atoms with Crippen LogP contribution in [0.3, 0.4) is 0 Å². The largest absolute Gasteiger partial charge is 0.469 e. The summed E-state index contributed by atoms with van der Waals surface area (Å²) in [6, 6.07) is 0. The molecule has 1 N–H and O–H groups in total. The van der Waals surface area contributed by atoms with Gasteiger partial charge in [-0.05, 0) is 89.4 Å². The van der Waals surface area contributed by atoms with Crippen LogP contribution in [0.1, 0.15) is 79.6 Å². The number of carbonyl (C=O) groups is 1. The highest BCUT2D eigenvalue weighted by molar-refractivity contribution is 5.77. The molecule has 5 atom stereocenters. The first-order chi connectivity index (χ1) is 11.7. The molecular formula is C22H38O3. The average Bonchev–Trinajstić information content (AvgIpc) is 2.58. The van der Waals surface area contributed by atoms with Gasteiger partial charge in [0.1, 0.15) is 0 Å². The van der Waals surface area contributed by atoms with Crippen LogP contribution in [0.25, 0.3) is 0 Å². The number of hydrogen-bond acceptors (Lipinski definition) is 3. The highest BCUT2D eigenvalue weighted by Crippen LogP contribution is 2.62. The van der Waals surface area contributed by atoms with Gasteiger partial charge in [-0.2, -0.15) is 0 Å². The number of rotatable bonds is 5. The molecule has 2 aliphatic rings. The monoisotopic (exact) mass is 350 g/mol. The van der Waals surface area contributed by atoms with E-state index in [0.717, 1.165) is 38.5 Å². The Morgan fingerprint density at radius 3 is 2.40 bits per heavy atom. The molecule has 0 radical (unpaired) electrons. The number of aliphatic hydroxyl groups is 1. The number of fused-ring (bicyclic) bond motifs is 1. The SMILES string of the molecule is COC(=O)[C@]1(C)CCC[C@@]2(C)[C@H]1CC[C@H](CO)[C@@H]2CCC(C)=C(C)C. The Balaban J connectivity index is 2.32. The lowest BCUT2D eigenvalue weighted by Gasteiger charge is -2.59. The van der Waals surface area contributed by atoms with E-state index in [4.69, 9.17) is 4.74 Å². The van der Waals surface area contributed by atoms with Gasteiger partial charge in [-0.15, -0.1) is 0 Å². The number of ether oxygens (including phenoxy) is 1. The van der Waals surface area contributed by atoms with E-state index in [9.17, 15) is 9.90 Å². The topological polar surface area (TPSA) is 46.5 Å². The van der Waals surface area contributed by atoms with Crippen LogP contribution in [0.4, 0.5) is 0 Å². The molecule has 3 nitrogen and oxygen atoms in total. The summed E-state index contributed by atoms with van der Waals surface area (Å²) in [6.07, 6.45) is 7.46. The maximum absolute atomic E-state index is 12.6. The molecule has 0 aromatic carbocycles. The van der Waals surface area contributed by atoms with E-state index in [1.165, 1.54) is 24.7 Å². The van der Waals surface area contributed by atoms with Crippen molar-refractivity contribution in [1.29, 1.82) is 0 Å². The Morgan fingerprint density at radius 2 is 1.84 bits per heavy atom. The van der Waals surface area contributed by atoms with E-state index >= 15 is 0 Å². The highest BCUT2D eigenvalue weighted by atomic mass is 16.5. The Labute approximate surface area is 154 Å². The summed E-state index contributed by atoms with van der Waals surface area (Å²) in [5, 5.41) is 10.0. The molecule has 0 spiro atoms. The molecular weight excluding hydrogens is 312 g/mol. The zero-order valence-corrected chi connectivity index (χ0v) is 17.2. The van der Waals surface area contributed by atoms with Gasteiger partial charge in [0, 0.05) is 6.61 Å². The smallest absolute Gasteiger partial charge is 0.311 e. The Morgan fingerprint density at radius 1 is 1.16 bits per heavy atom. The second kappa shape index (κ2) is 7.82. The van der Waals surface area contributed by atoms with Gasteiger partial charge in [-0.1, -0.05) is 24.5 Å². The molecule has 2 aliphatic carbocycles. The second-order valence-electron chi connectivity index (χ2n) is 9.27. The first-order valence-electron chi connectivity index (χ1n) is 10.0. The second-order valence-corrected chi connectivity index (χ2v) is 9.27. The Bertz CT molecular complexity index is 519. The van der Waals surface area contributed by atoms with Gasteiger partial charge < -0.3 is 9.84 Å². The molecule has 0 aromatic rings. The first-order valence-corrected chi connectivity index (χ1v) is 10.0. The number of allylic oxidation sites excluding steroid dienone is 2. The predicted octanol–water partition coefficient (Wildman–Crippen LogP) is 5.13. The molecule has 2 rings (SSSR count). The van der Waals surface area contributed by atoms with Crippen LogP contribution in [0, 0.1) is 28.6 Å². The van der Waals surface area contributed by atoms with E-state index in [2.05, 4.69) is 34.6 Å². The predicted molar refractivity (Wildman–Crippen MR) is 102 cm³/mol. The zero-order chi connectivity index (χ0) is 18.8. The summed E-state index contributed by atoms with van der Waals surface area (Å²) in [7, 11) is 1.52. The fraction of sp³-hybridized carbons (Fsp3) is 0.864. The standard InChI is InChI=1S/C22H38O3/c1-15(2)16(3)8-10-18-17(14-23)9-11-19-21(18,4)12-7-13-22(19,5)20(24)25-6/h17-19,23H,7-14H2,1-6H3/t17-,18+,19-,21-,22-/m1/s1. The van der Waals surface area contributed by atoms with Crippen LogP contribution >= 0.6 is 0 Å². The molecule has 3 heteroatoms. The third-order valence-electron chi connectivity index (χ3n) is 7.79. The maximum atomic E-state index is 12.6. The minimum Gasteiger partial charge on any atom is -0.469 e. The van der Waals surface area contributed by atoms with Crippen LogP contribution in [-0.2, 0) is 9.53 Å². The lowest BCUT2D eigenvalue weighted by Crippen LogP contribution is -2.55. The summed E-state index contributed by atoms with van der Waals surface area (Å²) in [5.41, 5.74) is 2.62. The number of carbonyl (C=O) groups excluding carboxylic acids is 1. The molecule has 0 bridgehead atoms. The van der Waals surface area contributed by atoms with E-state index in [1.807, 2.05) is 0 Å². The molecule has 0 heterocycles. The van der Waals surface area contributed by atoms with Crippen molar-refractivity contribution < 1.29 is 14.6 Å². The van der Waals surface area contributed by atoms with Crippen LogP contribution in [0.5, 0.6) is 0 Å². The van der Waals surface area contributed by atoms with Crippen molar-refractivity contribution >= 4 is 5.97 Å². The van der Waals surface area contributed by atoms with E-state index in [1.54, 1.807) is 0 Å². The van der Waals surface area contributed by atoms with Crippen LogP contribution < -0.4 is 0 Å². The van der Waals surface area contributed by atoms with Crippen molar-refractivity contribution in [1.82, 2.24) is 0 Å². The fourth-order valence-corrected chi connectivity index (χ4v) is 6.01. The van der Waals surface area contributed by atoms with Gasteiger partial charge >= 0.3 is 5.97 Å². The third-order valence-corrected chi connectivity index (χ3v) is 7.79. The minimum absolute atomic E-state index is 0.0369. The van der Waals surface area contributed by atoms with E-state index < -0.39 is 0 Å². The summed E-state index contributed by atoms with van der Waals surface area (Å²) in [5.74, 6) is 1.17. The van der Waals surface area contributed by atoms with Crippen molar-refractivity contribution in [3.8, 4) is 0 Å². The molecule has 0 unspecified atom stereocenters. The Kier molecular flexibility index (Phi) is 6.40. The zero-order valence-electron chi connectivity index (χ0n) is 17.2. The number of esters is 1. The first kappa shape index (κ1) is 20.5. The van der Waals surface area contributed by atoms with Crippen LogP contribution in [0.2, 0.25) is 0 Å². The van der Waals surface area contributed by atoms with Crippen molar-refractivity contribution in [2.45, 2.75) is 79.6 Å². The van der Waals surface area contributed by atoms with Gasteiger partial charge in [-0.3, -0.25) is 4.79 Å². The number of methoxy groups -OCH3 is 1. The van der Waals surface area contributed by atoms with Gasteiger partial charge in [0.15, 0.2) is 0 Å². The Hall–Kier alpha value is -0.830. The normalized spacial score (nSPS) is 38.0. The van der Waals surface area contributed by atoms with Crippen LogP contribution in [-0.4, -0.2) is 24.8 Å². The van der Waals surface area contributed by atoms with E-state index in [-0.39, 0.29) is 23.4 Å². The molecule has 0 aromatic heterocycles. The van der Waals surface area contributed by atoms with Crippen molar-refractivity contribution in [3.05, 3.63) is 11.1 Å². The molecule has 0 aliphatic heterocycles. The quantitative estimate of drug-likeness (QED) is 0.552. The van der Waals surface area contributed by atoms with Gasteiger partial charge in [0.2, 0.25) is 0 Å². The van der Waals surface area contributed by atoms with Crippen molar-refractivity contribution in [3.63, 3.8) is 0 Å². The van der Waals surface area contributed by atoms with Crippen molar-refractivity contribution in [2.24, 2.45) is 28.6 Å². The molecule has 25 heavy (non-hydrogen) atoms. The molecule has 144 valence electrons. The lowest BCUT2D eigenvalue weighted by atomic mass is 9.45. The maximum Gasteiger partial charge on any atom is 0.311 e. The summed E-state index contributed by atoms with van der Waals surface area (Å²) in [4.78, 5) is 12.6. The summed E-state index contributed by atoms with van der Waals surface area (Å²) >= 11 is 0. The summed E-state index contributed by atoms with van der Waals surface area (Å²) in [6.45, 7) is 11.4. The van der Waals surface area contributed by atoms with Gasteiger partial charge in [-0.25, -0.2) is 0 Å². The van der Waals surface area contributed by atoms with Crippen molar-refractivity contribution in [2.75, 3.05) is 13.7 Å². The lowest BCUT2D eigenvalue weighted by molar-refractivity contribution is -0.174. The minimum atomic E-state index is -0.369. The highest BCUT2D eigenvalue weighted by Gasteiger charge is 2.58. The number of aliphatic hydroxyl groups excluding tert-OH is 1.